The number of nitro groups is 1. The van der Waals surface area contributed by atoms with Crippen LogP contribution >= 0.6 is 10.7 Å². The van der Waals surface area contributed by atoms with Crippen LogP contribution in [0.4, 0.5) is 5.69 Å². The molecule has 0 amide bonds. The number of rotatable bonds is 3. The maximum Gasteiger partial charge on any atom is 0.288 e. The van der Waals surface area contributed by atoms with Crippen LogP contribution in [0.15, 0.2) is 17.0 Å². The molecule has 7 nitrogen and oxygen atoms in total. The number of hydrogen-bond donors (Lipinski definition) is 0. The molecule has 0 saturated carbocycles. The molecule has 1 aromatic rings. The Bertz CT molecular complexity index is 647. The molecule has 0 heterocycles. The monoisotopic (exact) mass is 274 g/mol. The van der Waals surface area contributed by atoms with Crippen molar-refractivity contribution in [1.82, 2.24) is 0 Å². The minimum absolute atomic E-state index is 0.153. The Kier molecular flexibility index (Phi) is 3.45. The molecule has 0 atom stereocenters. The third-order valence-corrected chi connectivity index (χ3v) is 3.24. The fourth-order valence-corrected chi connectivity index (χ4v) is 2.49. The van der Waals surface area contributed by atoms with Crippen LogP contribution in [0, 0.1) is 21.4 Å². The fraction of sp³-hybridized carbons (Fsp3) is 0. The average molecular weight is 275 g/mol. The Morgan fingerprint density at radius 3 is 2.41 bits per heavy atom. The van der Waals surface area contributed by atoms with E-state index in [9.17, 15) is 23.3 Å². The van der Waals surface area contributed by atoms with E-state index in [4.69, 9.17) is 15.9 Å². The Labute approximate surface area is 99.8 Å². The zero-order chi connectivity index (χ0) is 13.2. The maximum absolute atomic E-state index is 11.2. The first kappa shape index (κ1) is 13.1. The van der Waals surface area contributed by atoms with E-state index in [0.717, 1.165) is 12.1 Å². The van der Waals surface area contributed by atoms with Crippen molar-refractivity contribution in [2.75, 3.05) is 0 Å². The third kappa shape index (κ3) is 2.41. The van der Waals surface area contributed by atoms with E-state index in [2.05, 4.69) is 0 Å². The molecule has 0 spiro atoms. The molecule has 0 saturated heterocycles. The van der Waals surface area contributed by atoms with Crippen LogP contribution < -0.4 is 0 Å². The lowest BCUT2D eigenvalue weighted by Gasteiger charge is -2.03. The molecule has 0 aliphatic carbocycles. The molecule has 0 fully saturated rings. The number of aldehydes is 1. The Morgan fingerprint density at radius 2 is 2.06 bits per heavy atom. The van der Waals surface area contributed by atoms with Gasteiger partial charge in [-0.15, -0.1) is 0 Å². The van der Waals surface area contributed by atoms with Crippen LogP contribution in [0.3, 0.4) is 0 Å². The zero-order valence-electron chi connectivity index (χ0n) is 7.95. The van der Waals surface area contributed by atoms with Gasteiger partial charge in [0.05, 0.1) is 4.92 Å². The van der Waals surface area contributed by atoms with E-state index in [1.807, 2.05) is 0 Å². The number of nitriles is 1. The van der Waals surface area contributed by atoms with Crippen molar-refractivity contribution < 1.29 is 18.1 Å². The highest BCUT2D eigenvalue weighted by atomic mass is 35.7. The number of hydrogen-bond acceptors (Lipinski definition) is 6. The maximum atomic E-state index is 11.2. The van der Waals surface area contributed by atoms with Gasteiger partial charge in [-0.05, 0) is 6.07 Å². The smallest absolute Gasteiger partial charge is 0.288 e. The highest BCUT2D eigenvalue weighted by molar-refractivity contribution is 8.13. The largest absolute Gasteiger partial charge is 0.298 e. The number of carbonyl (C=O) groups is 1. The summed E-state index contributed by atoms with van der Waals surface area (Å²) >= 11 is 0. The molecule has 88 valence electrons. The molecule has 0 unspecified atom stereocenters. The normalized spacial score (nSPS) is 10.6. The van der Waals surface area contributed by atoms with Gasteiger partial charge in [-0.25, -0.2) is 8.42 Å². The standard InChI is InChI=1S/C8H3ClN2O5S/c9-17(15,16)8-5(4-12)1-2-7(11(13)14)6(8)3-10/h1-2,4H. The quantitative estimate of drug-likeness (QED) is 0.354. The predicted octanol–water partition coefficient (Wildman–Crippen LogP) is 1.21. The molecule has 0 radical (unpaired) electrons. The van der Waals surface area contributed by atoms with Crippen molar-refractivity contribution in [3.8, 4) is 6.07 Å². The summed E-state index contributed by atoms with van der Waals surface area (Å²) in [7, 11) is 0.612. The molecule has 0 aliphatic heterocycles. The second kappa shape index (κ2) is 4.48. The lowest BCUT2D eigenvalue weighted by Crippen LogP contribution is -2.04. The first-order valence-electron chi connectivity index (χ1n) is 3.94. The molecule has 9 heteroatoms. The molecular formula is C8H3ClN2O5S. The molecule has 0 aliphatic rings. The second-order valence-corrected chi connectivity index (χ2v) is 5.31. The van der Waals surface area contributed by atoms with Gasteiger partial charge in [-0.2, -0.15) is 5.26 Å². The first-order chi connectivity index (χ1) is 7.82. The van der Waals surface area contributed by atoms with Crippen molar-refractivity contribution in [3.05, 3.63) is 33.4 Å². The van der Waals surface area contributed by atoms with E-state index in [0.29, 0.717) is 0 Å². The van der Waals surface area contributed by atoms with Gasteiger partial charge in [0.1, 0.15) is 11.0 Å². The number of halogens is 1. The van der Waals surface area contributed by atoms with Gasteiger partial charge < -0.3 is 0 Å². The van der Waals surface area contributed by atoms with E-state index < -0.39 is 35.7 Å². The summed E-state index contributed by atoms with van der Waals surface area (Å²) < 4.78 is 22.4. The van der Waals surface area contributed by atoms with E-state index in [1.54, 1.807) is 0 Å². The van der Waals surface area contributed by atoms with Gasteiger partial charge in [0.15, 0.2) is 11.8 Å². The summed E-state index contributed by atoms with van der Waals surface area (Å²) in [4.78, 5) is 19.4. The van der Waals surface area contributed by atoms with Crippen LogP contribution in [0.2, 0.25) is 0 Å². The molecule has 0 N–H and O–H groups in total. The third-order valence-electron chi connectivity index (χ3n) is 1.85. The highest BCUT2D eigenvalue weighted by Crippen LogP contribution is 2.30. The summed E-state index contributed by atoms with van der Waals surface area (Å²) in [5.74, 6) is 0. The predicted molar refractivity (Wildman–Crippen MR) is 56.2 cm³/mol. The van der Waals surface area contributed by atoms with Crippen molar-refractivity contribution in [2.24, 2.45) is 0 Å². The fourth-order valence-electron chi connectivity index (χ4n) is 1.20. The lowest BCUT2D eigenvalue weighted by atomic mass is 10.1. The molecule has 0 bridgehead atoms. The molecular weight excluding hydrogens is 272 g/mol. The van der Waals surface area contributed by atoms with Crippen LogP contribution in [0.5, 0.6) is 0 Å². The first-order valence-corrected chi connectivity index (χ1v) is 6.25. The molecule has 17 heavy (non-hydrogen) atoms. The highest BCUT2D eigenvalue weighted by Gasteiger charge is 2.28. The van der Waals surface area contributed by atoms with Crippen LogP contribution in [0.25, 0.3) is 0 Å². The molecule has 0 aromatic heterocycles. The van der Waals surface area contributed by atoms with Gasteiger partial charge in [-0.1, -0.05) is 0 Å². The van der Waals surface area contributed by atoms with Crippen LogP contribution in [0.1, 0.15) is 15.9 Å². The molecule has 1 rings (SSSR count). The van der Waals surface area contributed by atoms with Gasteiger partial charge in [-0.3, -0.25) is 14.9 Å². The van der Waals surface area contributed by atoms with Crippen molar-refractivity contribution in [2.45, 2.75) is 4.90 Å². The Hall–Kier alpha value is -1.98. The van der Waals surface area contributed by atoms with E-state index in [1.165, 1.54) is 6.07 Å². The van der Waals surface area contributed by atoms with Crippen molar-refractivity contribution in [1.29, 1.82) is 5.26 Å². The van der Waals surface area contributed by atoms with Crippen molar-refractivity contribution >= 4 is 31.7 Å². The number of nitrogens with zero attached hydrogens (tertiary/aromatic N) is 2. The minimum Gasteiger partial charge on any atom is -0.298 e. The number of benzene rings is 1. The Balaban J connectivity index is 3.88. The minimum atomic E-state index is -4.43. The lowest BCUT2D eigenvalue weighted by molar-refractivity contribution is -0.385. The summed E-state index contributed by atoms with van der Waals surface area (Å²) in [6, 6.07) is 3.15. The number of carbonyl (C=O) groups excluding carboxylic acids is 1. The SMILES string of the molecule is N#Cc1c([N+](=O)[O-])ccc(C=O)c1S(=O)(=O)Cl. The zero-order valence-corrected chi connectivity index (χ0v) is 9.53. The van der Waals surface area contributed by atoms with Crippen LogP contribution in [-0.4, -0.2) is 19.6 Å². The van der Waals surface area contributed by atoms with Gasteiger partial charge in [0.25, 0.3) is 14.7 Å². The summed E-state index contributed by atoms with van der Waals surface area (Å²) in [5.41, 5.74) is -1.88. The van der Waals surface area contributed by atoms with Gasteiger partial charge in [0, 0.05) is 22.3 Å². The van der Waals surface area contributed by atoms with E-state index in [-0.39, 0.29) is 6.29 Å². The number of nitro benzene ring substituents is 1. The van der Waals surface area contributed by atoms with Gasteiger partial charge >= 0.3 is 0 Å². The summed E-state index contributed by atoms with van der Waals surface area (Å²) in [6.07, 6.45) is 0.153. The van der Waals surface area contributed by atoms with Gasteiger partial charge in [0.2, 0.25) is 0 Å². The van der Waals surface area contributed by atoms with E-state index >= 15 is 0 Å². The van der Waals surface area contributed by atoms with Crippen LogP contribution in [-0.2, 0) is 9.05 Å². The topological polar surface area (TPSA) is 118 Å². The average Bonchev–Trinajstić information content (AvgIpc) is 2.25. The summed E-state index contributed by atoms with van der Waals surface area (Å²) in [5, 5.41) is 19.3. The van der Waals surface area contributed by atoms with Crippen molar-refractivity contribution in [3.63, 3.8) is 0 Å². The summed E-state index contributed by atoms with van der Waals surface area (Å²) in [6.45, 7) is 0. The Morgan fingerprint density at radius 1 is 1.47 bits per heavy atom. The molecule has 1 aromatic carbocycles. The second-order valence-electron chi connectivity index (χ2n) is 2.80.